The van der Waals surface area contributed by atoms with Crippen LogP contribution in [0.5, 0.6) is 0 Å². The molecule has 2 N–H and O–H groups in total. The largest absolute Gasteiger partial charge is 0.362 e. The maximum absolute atomic E-state index is 12.7. The van der Waals surface area contributed by atoms with Crippen molar-refractivity contribution < 1.29 is 14.8 Å². The van der Waals surface area contributed by atoms with Crippen LogP contribution in [0.1, 0.15) is 24.0 Å². The van der Waals surface area contributed by atoms with Gasteiger partial charge in [-0.05, 0) is 36.1 Å². The van der Waals surface area contributed by atoms with Gasteiger partial charge in [0.05, 0.1) is 12.0 Å². The van der Waals surface area contributed by atoms with E-state index < -0.39 is 5.91 Å². The lowest BCUT2D eigenvalue weighted by Crippen LogP contribution is -2.69. The molecule has 2 heterocycles. The Morgan fingerprint density at radius 3 is 2.55 bits per heavy atom. The molecule has 6 nitrogen and oxygen atoms in total. The number of para-hydroxylation sites is 1. The Balaban J connectivity index is 1.48. The number of benzene rings is 2. The van der Waals surface area contributed by atoms with E-state index in [1.807, 2.05) is 53.4 Å². The molecular formula is C23H25N3O3. The molecular weight excluding hydrogens is 366 g/mol. The molecule has 0 aromatic heterocycles. The van der Waals surface area contributed by atoms with E-state index in [9.17, 15) is 9.59 Å². The van der Waals surface area contributed by atoms with E-state index in [-0.39, 0.29) is 11.4 Å². The normalized spacial score (nSPS) is 17.6. The van der Waals surface area contributed by atoms with Crippen LogP contribution in [0.25, 0.3) is 6.08 Å². The molecule has 2 aliphatic heterocycles. The molecule has 2 aromatic carbocycles. The summed E-state index contributed by atoms with van der Waals surface area (Å²) in [7, 11) is 0. The first-order valence-corrected chi connectivity index (χ1v) is 9.92. The first-order chi connectivity index (χ1) is 14.1. The fourth-order valence-corrected chi connectivity index (χ4v) is 4.44. The summed E-state index contributed by atoms with van der Waals surface area (Å²) in [6.07, 6.45) is 5.60. The third-order valence-electron chi connectivity index (χ3n) is 5.87. The Kier molecular flexibility index (Phi) is 5.36. The molecule has 2 fully saturated rings. The van der Waals surface area contributed by atoms with Crippen LogP contribution in [0, 0.1) is 0 Å². The number of amides is 2. The fraction of sp³-hybridized carbons (Fsp3) is 0.304. The van der Waals surface area contributed by atoms with Crippen molar-refractivity contribution in [2.75, 3.05) is 24.5 Å². The van der Waals surface area contributed by atoms with Gasteiger partial charge >= 0.3 is 0 Å². The van der Waals surface area contributed by atoms with Crippen molar-refractivity contribution in [2.24, 2.45) is 0 Å². The summed E-state index contributed by atoms with van der Waals surface area (Å²) in [4.78, 5) is 28.4. The van der Waals surface area contributed by atoms with E-state index >= 15 is 0 Å². The summed E-state index contributed by atoms with van der Waals surface area (Å²) in [5.41, 5.74) is 4.61. The van der Waals surface area contributed by atoms with E-state index in [2.05, 4.69) is 11.0 Å². The molecule has 0 radical (unpaired) electrons. The van der Waals surface area contributed by atoms with E-state index in [1.54, 1.807) is 11.6 Å². The number of carbonyl (C=O) groups is 2. The van der Waals surface area contributed by atoms with Gasteiger partial charge in [-0.3, -0.25) is 14.8 Å². The third kappa shape index (κ3) is 3.89. The van der Waals surface area contributed by atoms with Crippen molar-refractivity contribution in [1.29, 1.82) is 0 Å². The molecule has 150 valence electrons. The Bertz CT molecular complexity index is 920. The standard InChI is InChI=1S/C23H25N3O3/c27-21(24-29)12-11-19-9-4-5-10-20(19)26-14-6-13-23(26)16-25(17-23)22(28)15-18-7-2-1-3-8-18/h1-5,7-12,29H,6,13-17H2,(H,24,27)/b12-11+. The highest BCUT2D eigenvalue weighted by atomic mass is 16.5. The van der Waals surface area contributed by atoms with Gasteiger partial charge in [0.2, 0.25) is 5.91 Å². The zero-order chi connectivity index (χ0) is 20.3. The highest BCUT2D eigenvalue weighted by Gasteiger charge is 2.51. The lowest BCUT2D eigenvalue weighted by molar-refractivity contribution is -0.137. The van der Waals surface area contributed by atoms with Crippen molar-refractivity contribution in [3.8, 4) is 0 Å². The van der Waals surface area contributed by atoms with Crippen molar-refractivity contribution in [1.82, 2.24) is 10.4 Å². The lowest BCUT2D eigenvalue weighted by Gasteiger charge is -2.54. The van der Waals surface area contributed by atoms with Gasteiger partial charge in [0, 0.05) is 31.4 Å². The van der Waals surface area contributed by atoms with Gasteiger partial charge in [0.15, 0.2) is 0 Å². The summed E-state index contributed by atoms with van der Waals surface area (Å²) in [5.74, 6) is -0.390. The fourth-order valence-electron chi connectivity index (χ4n) is 4.44. The summed E-state index contributed by atoms with van der Waals surface area (Å²) in [6.45, 7) is 2.39. The molecule has 2 aromatic rings. The predicted octanol–water partition coefficient (Wildman–Crippen LogP) is 2.63. The quantitative estimate of drug-likeness (QED) is 0.467. The molecule has 6 heteroatoms. The molecule has 0 bridgehead atoms. The number of anilines is 1. The first-order valence-electron chi connectivity index (χ1n) is 9.92. The van der Waals surface area contributed by atoms with E-state index in [1.165, 1.54) is 6.08 Å². The van der Waals surface area contributed by atoms with Gasteiger partial charge in [0.25, 0.3) is 5.91 Å². The number of hydrogen-bond acceptors (Lipinski definition) is 4. The molecule has 1 spiro atoms. The Morgan fingerprint density at radius 1 is 1.07 bits per heavy atom. The van der Waals surface area contributed by atoms with E-state index in [4.69, 9.17) is 5.21 Å². The molecule has 2 amide bonds. The van der Waals surface area contributed by atoms with Gasteiger partial charge in [-0.25, -0.2) is 5.48 Å². The summed E-state index contributed by atoms with van der Waals surface area (Å²) in [5, 5.41) is 8.71. The number of hydrogen-bond donors (Lipinski definition) is 2. The van der Waals surface area contributed by atoms with Crippen LogP contribution in [0.3, 0.4) is 0 Å². The number of nitrogens with zero attached hydrogens (tertiary/aromatic N) is 2. The second-order valence-electron chi connectivity index (χ2n) is 7.76. The highest BCUT2D eigenvalue weighted by Crippen LogP contribution is 2.42. The monoisotopic (exact) mass is 391 g/mol. The number of rotatable bonds is 5. The van der Waals surface area contributed by atoms with Crippen LogP contribution in [-0.4, -0.2) is 47.1 Å². The van der Waals surface area contributed by atoms with Crippen LogP contribution in [0.4, 0.5) is 5.69 Å². The zero-order valence-corrected chi connectivity index (χ0v) is 16.3. The van der Waals surface area contributed by atoms with Crippen molar-refractivity contribution in [3.63, 3.8) is 0 Å². The van der Waals surface area contributed by atoms with Crippen molar-refractivity contribution in [3.05, 3.63) is 71.8 Å². The van der Waals surface area contributed by atoms with Crippen LogP contribution in [0.15, 0.2) is 60.7 Å². The molecule has 0 unspecified atom stereocenters. The van der Waals surface area contributed by atoms with Crippen LogP contribution >= 0.6 is 0 Å². The van der Waals surface area contributed by atoms with Gasteiger partial charge < -0.3 is 9.80 Å². The SMILES string of the molecule is O=C(/C=C/c1ccccc1N1CCCC12CN(C(=O)Cc1ccccc1)C2)NO. The maximum atomic E-state index is 12.7. The number of hydroxylamine groups is 1. The van der Waals surface area contributed by atoms with Gasteiger partial charge in [-0.2, -0.15) is 0 Å². The smallest absolute Gasteiger partial charge is 0.267 e. The first kappa shape index (κ1) is 19.2. The number of likely N-dealkylation sites (tertiary alicyclic amines) is 1. The lowest BCUT2D eigenvalue weighted by atomic mass is 9.85. The highest BCUT2D eigenvalue weighted by molar-refractivity contribution is 5.92. The maximum Gasteiger partial charge on any atom is 0.267 e. The topological polar surface area (TPSA) is 72.9 Å². The molecule has 0 aliphatic carbocycles. The zero-order valence-electron chi connectivity index (χ0n) is 16.3. The molecule has 0 saturated carbocycles. The second-order valence-corrected chi connectivity index (χ2v) is 7.76. The van der Waals surface area contributed by atoms with E-state index in [0.29, 0.717) is 6.42 Å². The average molecular weight is 391 g/mol. The minimum Gasteiger partial charge on any atom is -0.362 e. The van der Waals surface area contributed by atoms with E-state index in [0.717, 1.165) is 49.3 Å². The number of nitrogens with one attached hydrogen (secondary N) is 1. The van der Waals surface area contributed by atoms with Crippen LogP contribution < -0.4 is 10.4 Å². The van der Waals surface area contributed by atoms with Gasteiger partial charge in [0.1, 0.15) is 0 Å². The molecule has 2 aliphatic rings. The summed E-state index contributed by atoms with van der Waals surface area (Å²) in [6, 6.07) is 17.8. The molecule has 2 saturated heterocycles. The average Bonchev–Trinajstić information content (AvgIpc) is 3.17. The van der Waals surface area contributed by atoms with Crippen molar-refractivity contribution >= 4 is 23.6 Å². The third-order valence-corrected chi connectivity index (χ3v) is 5.87. The summed E-state index contributed by atoms with van der Waals surface area (Å²) >= 11 is 0. The minimum absolute atomic E-state index is 0.0322. The second kappa shape index (κ2) is 8.09. The summed E-state index contributed by atoms with van der Waals surface area (Å²) < 4.78 is 0. The van der Waals surface area contributed by atoms with Crippen LogP contribution in [-0.2, 0) is 16.0 Å². The van der Waals surface area contributed by atoms with Crippen molar-refractivity contribution in [2.45, 2.75) is 24.8 Å². The van der Waals surface area contributed by atoms with Crippen LogP contribution in [0.2, 0.25) is 0 Å². The predicted molar refractivity (Wildman–Crippen MR) is 111 cm³/mol. The van der Waals surface area contributed by atoms with Gasteiger partial charge in [-0.1, -0.05) is 48.5 Å². The minimum atomic E-state index is -0.558. The molecule has 4 rings (SSSR count). The molecule has 0 atom stereocenters. The Hall–Kier alpha value is -3.12. The Labute approximate surface area is 170 Å². The Morgan fingerprint density at radius 2 is 1.79 bits per heavy atom. The molecule has 29 heavy (non-hydrogen) atoms. The number of carbonyl (C=O) groups excluding carboxylic acids is 2. The van der Waals surface area contributed by atoms with Gasteiger partial charge in [-0.15, -0.1) is 0 Å².